The van der Waals surface area contributed by atoms with E-state index >= 15 is 0 Å². The van der Waals surface area contributed by atoms with Crippen LogP contribution in [0.4, 0.5) is 0 Å². The van der Waals surface area contributed by atoms with Crippen LogP contribution in [0.3, 0.4) is 0 Å². The Morgan fingerprint density at radius 2 is 2.00 bits per heavy atom. The minimum atomic E-state index is 0.0353. The largest absolute Gasteiger partial charge is 0.299 e. The van der Waals surface area contributed by atoms with Crippen molar-refractivity contribution in [3.63, 3.8) is 0 Å². The molecule has 1 aliphatic carbocycles. The van der Waals surface area contributed by atoms with Crippen molar-refractivity contribution in [1.29, 1.82) is 0 Å². The third-order valence-corrected chi connectivity index (χ3v) is 4.92. The molecule has 108 valence electrons. The Morgan fingerprint density at radius 3 is 2.86 bits per heavy atom. The second-order valence-corrected chi connectivity index (χ2v) is 6.17. The highest BCUT2D eigenvalue weighted by molar-refractivity contribution is 5.83. The van der Waals surface area contributed by atoms with E-state index in [9.17, 15) is 4.79 Å². The molecule has 1 saturated carbocycles. The van der Waals surface area contributed by atoms with Crippen LogP contribution < -0.4 is 0 Å². The molecule has 0 bridgehead atoms. The van der Waals surface area contributed by atoms with Gasteiger partial charge in [-0.15, -0.1) is 5.10 Å². The van der Waals surface area contributed by atoms with Gasteiger partial charge in [-0.25, -0.2) is 4.68 Å². The van der Waals surface area contributed by atoms with E-state index in [-0.39, 0.29) is 12.0 Å². The molecule has 1 aromatic heterocycles. The van der Waals surface area contributed by atoms with Gasteiger partial charge in [0.1, 0.15) is 5.78 Å². The van der Waals surface area contributed by atoms with Gasteiger partial charge >= 0.3 is 0 Å². The Balaban J connectivity index is 1.62. The summed E-state index contributed by atoms with van der Waals surface area (Å²) in [7, 11) is 0. The zero-order chi connectivity index (χ0) is 14.2. The molecule has 0 radical (unpaired) electrons. The molecule has 1 aliphatic heterocycles. The summed E-state index contributed by atoms with van der Waals surface area (Å²) in [6.45, 7) is 0. The van der Waals surface area contributed by atoms with Gasteiger partial charge in [-0.2, -0.15) is 0 Å². The van der Waals surface area contributed by atoms with Gasteiger partial charge in [0.05, 0.1) is 17.9 Å². The van der Waals surface area contributed by atoms with Gasteiger partial charge in [0.2, 0.25) is 0 Å². The fourth-order valence-corrected chi connectivity index (χ4v) is 3.80. The molecule has 1 fully saturated rings. The Bertz CT molecular complexity index is 670. The highest BCUT2D eigenvalue weighted by Gasteiger charge is 2.33. The summed E-state index contributed by atoms with van der Waals surface area (Å²) in [5, 5.41) is 8.22. The van der Waals surface area contributed by atoms with Crippen LogP contribution in [0.2, 0.25) is 0 Å². The van der Waals surface area contributed by atoms with Crippen LogP contribution in [0.5, 0.6) is 0 Å². The molecule has 4 rings (SSSR count). The molecule has 0 saturated heterocycles. The lowest BCUT2D eigenvalue weighted by Crippen LogP contribution is -2.22. The molecule has 1 aromatic carbocycles. The molecule has 2 aliphatic rings. The molecule has 2 heterocycles. The molecular formula is C17H19N3O. The Morgan fingerprint density at radius 1 is 1.19 bits per heavy atom. The van der Waals surface area contributed by atoms with Crippen molar-refractivity contribution >= 4 is 5.78 Å². The lowest BCUT2D eigenvalue weighted by atomic mass is 9.83. The van der Waals surface area contributed by atoms with Gasteiger partial charge in [0, 0.05) is 17.9 Å². The fraction of sp³-hybridized carbons (Fsp3) is 0.471. The molecule has 0 N–H and O–H groups in total. The number of hydrogen-bond acceptors (Lipinski definition) is 3. The van der Waals surface area contributed by atoms with Crippen molar-refractivity contribution in [3.8, 4) is 11.3 Å². The van der Waals surface area contributed by atoms with Crippen molar-refractivity contribution in [3.05, 3.63) is 36.0 Å². The topological polar surface area (TPSA) is 47.8 Å². The molecule has 1 unspecified atom stereocenters. The van der Waals surface area contributed by atoms with Crippen molar-refractivity contribution < 1.29 is 4.79 Å². The summed E-state index contributed by atoms with van der Waals surface area (Å²) in [6, 6.07) is 8.31. The van der Waals surface area contributed by atoms with Crippen LogP contribution in [0.15, 0.2) is 30.5 Å². The van der Waals surface area contributed by atoms with Gasteiger partial charge in [-0.1, -0.05) is 48.7 Å². The van der Waals surface area contributed by atoms with E-state index in [2.05, 4.69) is 22.4 Å². The third-order valence-electron chi connectivity index (χ3n) is 4.92. The van der Waals surface area contributed by atoms with Crippen LogP contribution in [-0.2, 0) is 4.79 Å². The van der Waals surface area contributed by atoms with Crippen molar-refractivity contribution in [1.82, 2.24) is 15.0 Å². The predicted octanol–water partition coefficient (Wildman–Crippen LogP) is 3.39. The fourth-order valence-electron chi connectivity index (χ4n) is 3.80. The molecule has 4 heteroatoms. The van der Waals surface area contributed by atoms with E-state index in [1.165, 1.54) is 30.4 Å². The molecule has 2 aromatic rings. The second-order valence-electron chi connectivity index (χ2n) is 6.17. The summed E-state index contributed by atoms with van der Waals surface area (Å²) in [5.41, 5.74) is 3.42. The first-order valence-corrected chi connectivity index (χ1v) is 7.87. The SMILES string of the molecule is O=C(CC1c2ccccc2-c2cnnn21)C1CCCCC1. The van der Waals surface area contributed by atoms with Gasteiger partial charge in [-0.05, 0) is 18.4 Å². The number of nitrogens with zero attached hydrogens (tertiary/aromatic N) is 3. The van der Waals surface area contributed by atoms with Crippen molar-refractivity contribution in [2.24, 2.45) is 5.92 Å². The standard InChI is InChI=1S/C17H19N3O/c21-17(12-6-2-1-3-7-12)10-15-13-8-4-5-9-14(13)16-11-18-19-20(15)16/h4-5,8-9,11-12,15H,1-3,6-7,10H2. The molecule has 0 spiro atoms. The van der Waals surface area contributed by atoms with Crippen molar-refractivity contribution in [2.45, 2.75) is 44.6 Å². The van der Waals surface area contributed by atoms with E-state index in [0.717, 1.165) is 18.5 Å². The van der Waals surface area contributed by atoms with E-state index in [1.54, 1.807) is 6.20 Å². The lowest BCUT2D eigenvalue weighted by Gasteiger charge is -2.22. The smallest absolute Gasteiger partial charge is 0.138 e. The van der Waals surface area contributed by atoms with Crippen LogP contribution in [0.25, 0.3) is 11.3 Å². The van der Waals surface area contributed by atoms with Crippen LogP contribution in [0.1, 0.15) is 50.1 Å². The van der Waals surface area contributed by atoms with E-state index < -0.39 is 0 Å². The first-order chi connectivity index (χ1) is 10.3. The number of Topliss-reactive ketones (excluding diaryl/α,β-unsaturated/α-hetero) is 1. The second kappa shape index (κ2) is 5.10. The Labute approximate surface area is 124 Å². The number of hydrogen-bond donors (Lipinski definition) is 0. The highest BCUT2D eigenvalue weighted by atomic mass is 16.1. The molecule has 21 heavy (non-hydrogen) atoms. The number of benzene rings is 1. The van der Waals surface area contributed by atoms with Crippen LogP contribution >= 0.6 is 0 Å². The number of carbonyl (C=O) groups is 1. The predicted molar refractivity (Wildman–Crippen MR) is 79.8 cm³/mol. The lowest BCUT2D eigenvalue weighted by molar-refractivity contribution is -0.124. The zero-order valence-electron chi connectivity index (χ0n) is 12.0. The quantitative estimate of drug-likeness (QED) is 0.866. The highest BCUT2D eigenvalue weighted by Crippen LogP contribution is 2.40. The molecule has 0 amide bonds. The number of rotatable bonds is 3. The average Bonchev–Trinajstić information content (AvgIpc) is 3.11. The summed E-state index contributed by atoms with van der Waals surface area (Å²) in [5.74, 6) is 0.663. The van der Waals surface area contributed by atoms with E-state index in [0.29, 0.717) is 12.2 Å². The number of aromatic nitrogens is 3. The minimum absolute atomic E-state index is 0.0353. The summed E-state index contributed by atoms with van der Waals surface area (Å²) in [6.07, 6.45) is 8.17. The molecular weight excluding hydrogens is 262 g/mol. The third kappa shape index (κ3) is 2.09. The monoisotopic (exact) mass is 281 g/mol. The Kier molecular flexibility index (Phi) is 3.09. The number of fused-ring (bicyclic) bond motifs is 3. The first-order valence-electron chi connectivity index (χ1n) is 7.87. The van der Waals surface area contributed by atoms with Crippen molar-refractivity contribution in [2.75, 3.05) is 0 Å². The number of ketones is 1. The maximum Gasteiger partial charge on any atom is 0.138 e. The minimum Gasteiger partial charge on any atom is -0.299 e. The summed E-state index contributed by atoms with van der Waals surface area (Å²) in [4.78, 5) is 12.6. The number of carbonyl (C=O) groups excluding carboxylic acids is 1. The maximum atomic E-state index is 12.6. The average molecular weight is 281 g/mol. The summed E-state index contributed by atoms with van der Waals surface area (Å²) < 4.78 is 1.92. The van der Waals surface area contributed by atoms with E-state index in [4.69, 9.17) is 0 Å². The maximum absolute atomic E-state index is 12.6. The molecule has 1 atom stereocenters. The first kappa shape index (κ1) is 12.7. The van der Waals surface area contributed by atoms with Gasteiger partial charge in [0.15, 0.2) is 0 Å². The van der Waals surface area contributed by atoms with Gasteiger partial charge in [-0.3, -0.25) is 4.79 Å². The van der Waals surface area contributed by atoms with E-state index in [1.807, 2.05) is 16.8 Å². The van der Waals surface area contributed by atoms with Gasteiger partial charge in [0.25, 0.3) is 0 Å². The zero-order valence-corrected chi connectivity index (χ0v) is 12.0. The normalized spacial score (nSPS) is 21.0. The van der Waals surface area contributed by atoms with Crippen LogP contribution in [0, 0.1) is 5.92 Å². The van der Waals surface area contributed by atoms with Gasteiger partial charge < -0.3 is 0 Å². The molecule has 4 nitrogen and oxygen atoms in total. The van der Waals surface area contributed by atoms with Crippen LogP contribution in [-0.4, -0.2) is 20.8 Å². The Hall–Kier alpha value is -1.97. The summed E-state index contributed by atoms with van der Waals surface area (Å²) >= 11 is 0.